The maximum absolute atomic E-state index is 11.8. The summed E-state index contributed by atoms with van der Waals surface area (Å²) in [5.41, 5.74) is 1.16. The molecule has 4 nitrogen and oxygen atoms in total. The molecule has 1 aromatic rings. The molecule has 0 fully saturated rings. The summed E-state index contributed by atoms with van der Waals surface area (Å²) >= 11 is 5.53. The summed E-state index contributed by atoms with van der Waals surface area (Å²) < 4.78 is 0. The van der Waals surface area contributed by atoms with Crippen LogP contribution < -0.4 is 10.6 Å². The van der Waals surface area contributed by atoms with Gasteiger partial charge in [0.2, 0.25) is 5.91 Å². The van der Waals surface area contributed by atoms with Crippen molar-refractivity contribution >= 4 is 29.1 Å². The van der Waals surface area contributed by atoms with Crippen LogP contribution in [0.5, 0.6) is 0 Å². The van der Waals surface area contributed by atoms with Crippen molar-refractivity contribution < 1.29 is 9.59 Å². The van der Waals surface area contributed by atoms with E-state index in [1.165, 1.54) is 0 Å². The lowest BCUT2D eigenvalue weighted by Crippen LogP contribution is -2.24. The van der Waals surface area contributed by atoms with Crippen molar-refractivity contribution in [1.29, 1.82) is 0 Å². The van der Waals surface area contributed by atoms with Gasteiger partial charge in [0.05, 0.1) is 0 Å². The monoisotopic (exact) mass is 268 g/mol. The number of anilines is 1. The first-order chi connectivity index (χ1) is 8.67. The van der Waals surface area contributed by atoms with Crippen LogP contribution in [0.3, 0.4) is 0 Å². The lowest BCUT2D eigenvalue weighted by molar-refractivity contribution is -0.115. The quantitative estimate of drug-likeness (QED) is 0.615. The van der Waals surface area contributed by atoms with Gasteiger partial charge in [-0.25, -0.2) is 0 Å². The SMILES string of the molecule is CCC(=O)Nc1cccc(C(=O)NCCCCl)c1. The molecule has 0 unspecified atom stereocenters. The molecule has 0 radical (unpaired) electrons. The Morgan fingerprint density at radius 1 is 1.33 bits per heavy atom. The largest absolute Gasteiger partial charge is 0.352 e. The normalized spacial score (nSPS) is 9.89. The van der Waals surface area contributed by atoms with Gasteiger partial charge in [-0.05, 0) is 24.6 Å². The van der Waals surface area contributed by atoms with E-state index in [0.717, 1.165) is 6.42 Å². The topological polar surface area (TPSA) is 58.2 Å². The summed E-state index contributed by atoms with van der Waals surface area (Å²) in [6, 6.07) is 6.85. The molecule has 2 amide bonds. The Hall–Kier alpha value is -1.55. The molecule has 18 heavy (non-hydrogen) atoms. The number of hydrogen-bond acceptors (Lipinski definition) is 2. The third-order valence-electron chi connectivity index (χ3n) is 2.33. The maximum Gasteiger partial charge on any atom is 0.251 e. The molecule has 0 saturated carbocycles. The summed E-state index contributed by atoms with van der Waals surface area (Å²) in [6.45, 7) is 2.33. The van der Waals surface area contributed by atoms with Crippen LogP contribution in [-0.2, 0) is 4.79 Å². The molecule has 2 N–H and O–H groups in total. The lowest BCUT2D eigenvalue weighted by Gasteiger charge is -2.07. The van der Waals surface area contributed by atoms with E-state index in [1.54, 1.807) is 31.2 Å². The molecule has 0 atom stereocenters. The number of halogens is 1. The predicted molar refractivity (Wildman–Crippen MR) is 73.0 cm³/mol. The molecule has 1 rings (SSSR count). The first kappa shape index (κ1) is 14.5. The van der Waals surface area contributed by atoms with Crippen LogP contribution in [0, 0.1) is 0 Å². The third-order valence-corrected chi connectivity index (χ3v) is 2.59. The van der Waals surface area contributed by atoms with Gasteiger partial charge in [0.1, 0.15) is 0 Å². The van der Waals surface area contributed by atoms with E-state index in [1.807, 2.05) is 0 Å². The standard InChI is InChI=1S/C13H17ClN2O2/c1-2-12(17)16-11-6-3-5-10(9-11)13(18)15-8-4-7-14/h3,5-6,9H,2,4,7-8H2,1H3,(H,15,18)(H,16,17). The summed E-state index contributed by atoms with van der Waals surface area (Å²) in [5, 5.41) is 5.47. The van der Waals surface area contributed by atoms with Crippen LogP contribution in [-0.4, -0.2) is 24.2 Å². The van der Waals surface area contributed by atoms with Gasteiger partial charge in [0.25, 0.3) is 5.91 Å². The van der Waals surface area contributed by atoms with Gasteiger partial charge in [0, 0.05) is 30.1 Å². The van der Waals surface area contributed by atoms with Gasteiger partial charge in [0.15, 0.2) is 0 Å². The number of carbonyl (C=O) groups is 2. The highest BCUT2D eigenvalue weighted by Gasteiger charge is 2.06. The van der Waals surface area contributed by atoms with E-state index >= 15 is 0 Å². The van der Waals surface area contributed by atoms with Gasteiger partial charge in [-0.2, -0.15) is 0 Å². The second kappa shape index (κ2) is 7.71. The van der Waals surface area contributed by atoms with Crippen LogP contribution in [0.1, 0.15) is 30.1 Å². The van der Waals surface area contributed by atoms with E-state index in [2.05, 4.69) is 10.6 Å². The average Bonchev–Trinajstić information content (AvgIpc) is 2.39. The Labute approximate surface area is 112 Å². The van der Waals surface area contributed by atoms with E-state index in [9.17, 15) is 9.59 Å². The smallest absolute Gasteiger partial charge is 0.251 e. The van der Waals surface area contributed by atoms with Gasteiger partial charge in [-0.3, -0.25) is 9.59 Å². The van der Waals surface area contributed by atoms with E-state index < -0.39 is 0 Å². The first-order valence-corrected chi connectivity index (χ1v) is 6.45. The van der Waals surface area contributed by atoms with Crippen molar-refractivity contribution in [3.05, 3.63) is 29.8 Å². The molecular formula is C13H17ClN2O2. The molecule has 0 heterocycles. The van der Waals surface area contributed by atoms with Gasteiger partial charge in [-0.15, -0.1) is 11.6 Å². The van der Waals surface area contributed by atoms with Crippen LogP contribution in [0.15, 0.2) is 24.3 Å². The number of nitrogens with one attached hydrogen (secondary N) is 2. The highest BCUT2D eigenvalue weighted by molar-refractivity contribution is 6.17. The van der Waals surface area contributed by atoms with Crippen LogP contribution in [0.4, 0.5) is 5.69 Å². The first-order valence-electron chi connectivity index (χ1n) is 5.91. The Balaban J connectivity index is 2.63. The van der Waals surface area contributed by atoms with Crippen LogP contribution >= 0.6 is 11.6 Å². The Morgan fingerprint density at radius 2 is 2.11 bits per heavy atom. The molecular weight excluding hydrogens is 252 g/mol. The fourth-order valence-corrected chi connectivity index (χ4v) is 1.49. The summed E-state index contributed by atoms with van der Waals surface area (Å²) in [5.74, 6) is 0.287. The minimum Gasteiger partial charge on any atom is -0.352 e. The van der Waals surface area contributed by atoms with Crippen molar-refractivity contribution in [3.63, 3.8) is 0 Å². The van der Waals surface area contributed by atoms with Crippen molar-refractivity contribution in [3.8, 4) is 0 Å². The minimum absolute atomic E-state index is 0.0744. The Morgan fingerprint density at radius 3 is 2.78 bits per heavy atom. The predicted octanol–water partition coefficient (Wildman–Crippen LogP) is 2.39. The van der Waals surface area contributed by atoms with Crippen LogP contribution in [0.25, 0.3) is 0 Å². The molecule has 0 aromatic heterocycles. The highest BCUT2D eigenvalue weighted by Crippen LogP contribution is 2.11. The molecule has 0 saturated heterocycles. The summed E-state index contributed by atoms with van der Waals surface area (Å²) in [7, 11) is 0. The number of hydrogen-bond donors (Lipinski definition) is 2. The molecule has 0 aliphatic carbocycles. The molecule has 98 valence electrons. The number of carbonyl (C=O) groups excluding carboxylic acids is 2. The average molecular weight is 269 g/mol. The molecule has 0 spiro atoms. The molecule has 0 aliphatic heterocycles. The number of amides is 2. The Kier molecular flexibility index (Phi) is 6.22. The van der Waals surface area contributed by atoms with Crippen molar-refractivity contribution in [1.82, 2.24) is 5.32 Å². The summed E-state index contributed by atoms with van der Waals surface area (Å²) in [6.07, 6.45) is 1.14. The van der Waals surface area contributed by atoms with Gasteiger partial charge in [-0.1, -0.05) is 13.0 Å². The fraction of sp³-hybridized carbons (Fsp3) is 0.385. The van der Waals surface area contributed by atoms with Crippen molar-refractivity contribution in [2.75, 3.05) is 17.7 Å². The number of benzene rings is 1. The van der Waals surface area contributed by atoms with E-state index in [0.29, 0.717) is 30.1 Å². The van der Waals surface area contributed by atoms with Crippen LogP contribution in [0.2, 0.25) is 0 Å². The van der Waals surface area contributed by atoms with Gasteiger partial charge < -0.3 is 10.6 Å². The maximum atomic E-state index is 11.8. The minimum atomic E-state index is -0.160. The number of alkyl halides is 1. The number of rotatable bonds is 6. The lowest BCUT2D eigenvalue weighted by atomic mass is 10.2. The molecule has 0 aliphatic rings. The van der Waals surface area contributed by atoms with Crippen molar-refractivity contribution in [2.45, 2.75) is 19.8 Å². The van der Waals surface area contributed by atoms with Crippen molar-refractivity contribution in [2.24, 2.45) is 0 Å². The zero-order chi connectivity index (χ0) is 13.4. The zero-order valence-corrected chi connectivity index (χ0v) is 11.1. The third kappa shape index (κ3) is 4.75. The second-order valence-corrected chi connectivity index (χ2v) is 4.16. The zero-order valence-electron chi connectivity index (χ0n) is 10.3. The van der Waals surface area contributed by atoms with Gasteiger partial charge >= 0.3 is 0 Å². The second-order valence-electron chi connectivity index (χ2n) is 3.78. The fourth-order valence-electron chi connectivity index (χ4n) is 1.36. The van der Waals surface area contributed by atoms with E-state index in [4.69, 9.17) is 11.6 Å². The van der Waals surface area contributed by atoms with E-state index in [-0.39, 0.29) is 11.8 Å². The molecule has 1 aromatic carbocycles. The Bertz CT molecular complexity index is 421. The molecule has 0 bridgehead atoms. The highest BCUT2D eigenvalue weighted by atomic mass is 35.5. The summed E-state index contributed by atoms with van der Waals surface area (Å²) in [4.78, 5) is 23.0. The molecule has 5 heteroatoms.